The van der Waals surface area contributed by atoms with Crippen molar-refractivity contribution >= 4 is 5.91 Å². The minimum absolute atomic E-state index is 0.126. The molecule has 0 fully saturated rings. The summed E-state index contributed by atoms with van der Waals surface area (Å²) in [5.41, 5.74) is 1.45. The fourth-order valence-electron chi connectivity index (χ4n) is 3.23. The monoisotopic (exact) mass is 408 g/mol. The molecule has 158 valence electrons. The van der Waals surface area contributed by atoms with E-state index in [0.717, 1.165) is 5.56 Å². The highest BCUT2D eigenvalue weighted by atomic mass is 19.1. The normalized spacial score (nSPS) is 12.7. The maximum atomic E-state index is 14.1. The number of rotatable bonds is 7. The Morgan fingerprint density at radius 1 is 1.00 bits per heavy atom. The van der Waals surface area contributed by atoms with Gasteiger partial charge in [0.15, 0.2) is 5.76 Å². The highest BCUT2D eigenvalue weighted by molar-refractivity contribution is 5.91. The van der Waals surface area contributed by atoms with Crippen molar-refractivity contribution in [3.05, 3.63) is 95.2 Å². The Morgan fingerprint density at radius 3 is 2.33 bits per heavy atom. The van der Waals surface area contributed by atoms with E-state index in [1.54, 1.807) is 18.2 Å². The minimum Gasteiger partial charge on any atom is -0.455 e. The van der Waals surface area contributed by atoms with Crippen molar-refractivity contribution in [3.63, 3.8) is 0 Å². The molecule has 0 radical (unpaired) electrons. The van der Waals surface area contributed by atoms with Crippen LogP contribution in [0.4, 0.5) is 4.39 Å². The van der Waals surface area contributed by atoms with Gasteiger partial charge in [-0.3, -0.25) is 9.69 Å². The third-order valence-corrected chi connectivity index (χ3v) is 5.15. The molecular weight excluding hydrogens is 379 g/mol. The number of amides is 1. The lowest BCUT2D eigenvalue weighted by molar-refractivity contribution is 0.0892. The van der Waals surface area contributed by atoms with Gasteiger partial charge in [0.2, 0.25) is 0 Å². The highest BCUT2D eigenvalue weighted by Gasteiger charge is 2.24. The molecule has 3 rings (SSSR count). The molecule has 0 aliphatic carbocycles. The van der Waals surface area contributed by atoms with Crippen molar-refractivity contribution in [1.29, 1.82) is 0 Å². The van der Waals surface area contributed by atoms with E-state index in [-0.39, 0.29) is 29.1 Å². The van der Waals surface area contributed by atoms with Crippen LogP contribution >= 0.6 is 0 Å². The van der Waals surface area contributed by atoms with E-state index in [4.69, 9.17) is 4.42 Å². The van der Waals surface area contributed by atoms with Crippen molar-refractivity contribution in [2.45, 2.75) is 52.4 Å². The number of hydrogen-bond donors (Lipinski definition) is 1. The molecule has 0 aliphatic heterocycles. The predicted octanol–water partition coefficient (Wildman–Crippen LogP) is 5.71. The Kier molecular flexibility index (Phi) is 6.73. The van der Waals surface area contributed by atoms with E-state index >= 15 is 0 Å². The van der Waals surface area contributed by atoms with E-state index in [0.29, 0.717) is 24.4 Å². The van der Waals surface area contributed by atoms with Crippen LogP contribution in [0.3, 0.4) is 0 Å². The molecular formula is C25H29FN2O2. The lowest BCUT2D eigenvalue weighted by Gasteiger charge is -2.35. The van der Waals surface area contributed by atoms with Crippen LogP contribution in [-0.4, -0.2) is 16.3 Å². The first-order chi connectivity index (χ1) is 14.2. The fraction of sp³-hybridized carbons (Fsp3) is 0.320. The zero-order valence-corrected chi connectivity index (χ0v) is 18.0. The Labute approximate surface area is 177 Å². The molecule has 1 amide bonds. The Balaban J connectivity index is 1.69. The molecule has 5 heteroatoms. The molecule has 2 aromatic carbocycles. The summed E-state index contributed by atoms with van der Waals surface area (Å²) in [6, 6.07) is 19.9. The van der Waals surface area contributed by atoms with Gasteiger partial charge in [0, 0.05) is 17.6 Å². The molecule has 1 N–H and O–H groups in total. The number of benzene rings is 2. The van der Waals surface area contributed by atoms with Crippen molar-refractivity contribution in [3.8, 4) is 0 Å². The first-order valence-corrected chi connectivity index (χ1v) is 10.2. The number of carbonyl (C=O) groups excluding carboxylic acids is 1. The number of carbonyl (C=O) groups is 1. The Bertz CT molecular complexity index is 976. The van der Waals surface area contributed by atoms with Gasteiger partial charge in [-0.25, -0.2) is 4.39 Å². The third-order valence-electron chi connectivity index (χ3n) is 5.15. The second-order valence-electron chi connectivity index (χ2n) is 8.49. The van der Waals surface area contributed by atoms with E-state index in [1.807, 2.05) is 49.4 Å². The molecule has 1 heterocycles. The van der Waals surface area contributed by atoms with Gasteiger partial charge in [0.25, 0.3) is 5.91 Å². The largest absolute Gasteiger partial charge is 0.455 e. The van der Waals surface area contributed by atoms with Gasteiger partial charge < -0.3 is 9.73 Å². The maximum Gasteiger partial charge on any atom is 0.287 e. The van der Waals surface area contributed by atoms with E-state index < -0.39 is 0 Å². The van der Waals surface area contributed by atoms with Crippen LogP contribution in [0.5, 0.6) is 0 Å². The summed E-state index contributed by atoms with van der Waals surface area (Å²) in [6.07, 6.45) is 0. The molecule has 0 bridgehead atoms. The SMILES string of the molecule is CC(NC(=O)c1ccc(CN(Cc2ccccc2F)C(C)(C)C)o1)c1ccccc1. The molecule has 1 aromatic heterocycles. The van der Waals surface area contributed by atoms with Crippen LogP contribution in [0.25, 0.3) is 0 Å². The predicted molar refractivity (Wildman–Crippen MR) is 116 cm³/mol. The van der Waals surface area contributed by atoms with E-state index in [2.05, 4.69) is 31.0 Å². The fourth-order valence-corrected chi connectivity index (χ4v) is 3.23. The number of furan rings is 1. The molecule has 0 spiro atoms. The summed E-state index contributed by atoms with van der Waals surface area (Å²) in [6.45, 7) is 9.08. The zero-order valence-electron chi connectivity index (χ0n) is 18.0. The average molecular weight is 409 g/mol. The van der Waals surface area contributed by atoms with Crippen LogP contribution in [0, 0.1) is 5.82 Å². The summed E-state index contributed by atoms with van der Waals surface area (Å²) in [7, 11) is 0. The number of halogens is 1. The number of nitrogens with one attached hydrogen (secondary N) is 1. The molecule has 4 nitrogen and oxygen atoms in total. The smallest absolute Gasteiger partial charge is 0.287 e. The van der Waals surface area contributed by atoms with Gasteiger partial charge in [-0.2, -0.15) is 0 Å². The van der Waals surface area contributed by atoms with Crippen molar-refractivity contribution in [2.75, 3.05) is 0 Å². The molecule has 0 saturated heterocycles. The second-order valence-corrected chi connectivity index (χ2v) is 8.49. The molecule has 30 heavy (non-hydrogen) atoms. The van der Waals surface area contributed by atoms with Crippen LogP contribution in [0.2, 0.25) is 0 Å². The summed E-state index contributed by atoms with van der Waals surface area (Å²) < 4.78 is 20.0. The molecule has 1 atom stereocenters. The van der Waals surface area contributed by atoms with Gasteiger partial charge >= 0.3 is 0 Å². The van der Waals surface area contributed by atoms with E-state index in [1.165, 1.54) is 6.07 Å². The molecule has 3 aromatic rings. The average Bonchev–Trinajstić information content (AvgIpc) is 3.18. The quantitative estimate of drug-likeness (QED) is 0.545. The minimum atomic E-state index is -0.256. The van der Waals surface area contributed by atoms with Gasteiger partial charge in [-0.15, -0.1) is 0 Å². The van der Waals surface area contributed by atoms with Gasteiger partial charge in [-0.05, 0) is 51.5 Å². The lowest BCUT2D eigenvalue weighted by atomic mass is 10.0. The van der Waals surface area contributed by atoms with Gasteiger partial charge in [0.05, 0.1) is 12.6 Å². The van der Waals surface area contributed by atoms with E-state index in [9.17, 15) is 9.18 Å². The summed E-state index contributed by atoms with van der Waals surface area (Å²) >= 11 is 0. The van der Waals surface area contributed by atoms with Crippen molar-refractivity contribution < 1.29 is 13.6 Å². The third kappa shape index (κ3) is 5.57. The van der Waals surface area contributed by atoms with Crippen LogP contribution in [0.1, 0.15) is 61.2 Å². The summed E-state index contributed by atoms with van der Waals surface area (Å²) in [5.74, 6) is 0.460. The Hall–Kier alpha value is -2.92. The summed E-state index contributed by atoms with van der Waals surface area (Å²) in [5, 5.41) is 2.96. The first-order valence-electron chi connectivity index (χ1n) is 10.2. The molecule has 0 saturated carbocycles. The first kappa shape index (κ1) is 21.8. The maximum absolute atomic E-state index is 14.1. The number of hydrogen-bond acceptors (Lipinski definition) is 3. The standard InChI is InChI=1S/C25H29FN2O2/c1-18(19-10-6-5-7-11-19)27-24(29)23-15-14-21(30-23)17-28(25(2,3)4)16-20-12-8-9-13-22(20)26/h5-15,18H,16-17H2,1-4H3,(H,27,29). The topological polar surface area (TPSA) is 45.5 Å². The lowest BCUT2D eigenvalue weighted by Crippen LogP contribution is -2.40. The highest BCUT2D eigenvalue weighted by Crippen LogP contribution is 2.23. The van der Waals surface area contributed by atoms with Gasteiger partial charge in [-0.1, -0.05) is 48.5 Å². The number of nitrogens with zero attached hydrogens (tertiary/aromatic N) is 1. The van der Waals surface area contributed by atoms with Gasteiger partial charge in [0.1, 0.15) is 11.6 Å². The van der Waals surface area contributed by atoms with Crippen LogP contribution in [-0.2, 0) is 13.1 Å². The van der Waals surface area contributed by atoms with Crippen LogP contribution < -0.4 is 5.32 Å². The van der Waals surface area contributed by atoms with Crippen molar-refractivity contribution in [1.82, 2.24) is 10.2 Å². The molecule has 1 unspecified atom stereocenters. The van der Waals surface area contributed by atoms with Crippen molar-refractivity contribution in [2.24, 2.45) is 0 Å². The summed E-state index contributed by atoms with van der Waals surface area (Å²) in [4.78, 5) is 14.7. The molecule has 0 aliphatic rings. The second kappa shape index (κ2) is 9.26. The van der Waals surface area contributed by atoms with Crippen LogP contribution in [0.15, 0.2) is 71.1 Å². The zero-order chi connectivity index (χ0) is 21.7. The Morgan fingerprint density at radius 2 is 1.67 bits per heavy atom.